The van der Waals surface area contributed by atoms with Crippen molar-refractivity contribution >= 4 is 53.6 Å². The minimum Gasteiger partial charge on any atom is -0.294 e. The van der Waals surface area contributed by atoms with E-state index in [0.29, 0.717) is 5.95 Å². The summed E-state index contributed by atoms with van der Waals surface area (Å²) in [4.78, 5) is 15.0. The Kier molecular flexibility index (Phi) is 8.67. The molecule has 4 nitrogen and oxygen atoms in total. The molecule has 282 valence electrons. The lowest BCUT2D eigenvalue weighted by Crippen LogP contribution is -2.11. The maximum Gasteiger partial charge on any atom is 0.237 e. The third-order valence-corrected chi connectivity index (χ3v) is 15.7. The van der Waals surface area contributed by atoms with Crippen LogP contribution in [0.3, 0.4) is 0 Å². The number of rotatable bonds is 9. The number of hydrogen-bond donors (Lipinski definition) is 0. The molecule has 0 N–H and O–H groups in total. The minimum atomic E-state index is -1.74. The normalized spacial score (nSPS) is 12.1. The highest BCUT2D eigenvalue weighted by Crippen LogP contribution is 2.68. The molecule has 0 aliphatic rings. The monoisotopic (exact) mass is 776 g/mol. The van der Waals surface area contributed by atoms with E-state index in [1.165, 1.54) is 41.8 Å². The molecule has 59 heavy (non-hydrogen) atoms. The van der Waals surface area contributed by atoms with Crippen LogP contribution in [0.5, 0.6) is 0 Å². The van der Waals surface area contributed by atoms with Crippen LogP contribution in [0.4, 0.5) is 0 Å². The average Bonchev–Trinajstić information content (AvgIpc) is 3.84. The minimum absolute atomic E-state index is 0.635. The number of para-hydroxylation sites is 4. The number of fused-ring (bicyclic) bond motifs is 6. The molecular weight excluding hydrogens is 737 g/mol. The molecule has 8 aromatic carbocycles. The summed E-state index contributed by atoms with van der Waals surface area (Å²) >= 11 is 0. The highest BCUT2D eigenvalue weighted by Gasteiger charge is 2.31. The molecule has 0 fully saturated rings. The molecule has 0 saturated carbocycles. The molecule has 0 spiro atoms. The molecule has 11 rings (SSSR count). The molecule has 0 bridgehead atoms. The molecule has 0 unspecified atom stereocenters. The Morgan fingerprint density at radius 3 is 1.34 bits per heavy atom. The van der Waals surface area contributed by atoms with Crippen LogP contribution in [-0.2, 0) is 6.42 Å². The third-order valence-electron chi connectivity index (χ3n) is 11.7. The van der Waals surface area contributed by atoms with Crippen LogP contribution in [0.1, 0.15) is 5.56 Å². The van der Waals surface area contributed by atoms with E-state index < -0.39 is 10.0 Å². The molecular formula is C54H40N4S. The fourth-order valence-electron chi connectivity index (χ4n) is 8.95. The fraction of sp³-hybridized carbons (Fsp3) is 0.0370. The Bertz CT molecular complexity index is 3000. The van der Waals surface area contributed by atoms with Gasteiger partial charge in [0.25, 0.3) is 0 Å². The van der Waals surface area contributed by atoms with Gasteiger partial charge in [-0.05, 0) is 93.1 Å². The summed E-state index contributed by atoms with van der Waals surface area (Å²) in [6, 6.07) is 79.0. The first kappa shape index (κ1) is 35.0. The van der Waals surface area contributed by atoms with E-state index in [1.807, 2.05) is 0 Å². The standard InChI is InChI=1S/C54H40N4S/c1-4-19-39(20-5-1)35-36-59(41-22-6-2-7-23-41,42-24-8-3-9-25-42)43-26-18-21-40(37-43)48-38-53(57-49-31-14-10-27-44(49)45-28-11-15-32-50(45)57)56-54(55-48)58-51-33-16-12-29-46(51)47-30-13-17-34-52(47)58/h1-34,37-38H,35-36H2. The smallest absolute Gasteiger partial charge is 0.237 e. The van der Waals surface area contributed by atoms with Gasteiger partial charge in [-0.15, -0.1) is 0 Å². The Labute approximate surface area is 345 Å². The lowest BCUT2D eigenvalue weighted by atomic mass is 10.1. The van der Waals surface area contributed by atoms with Crippen LogP contribution in [0.25, 0.3) is 66.6 Å². The summed E-state index contributed by atoms with van der Waals surface area (Å²) in [6.07, 6.45) is 0.952. The predicted octanol–water partition coefficient (Wildman–Crippen LogP) is 13.9. The van der Waals surface area contributed by atoms with E-state index >= 15 is 0 Å². The maximum absolute atomic E-state index is 5.53. The van der Waals surface area contributed by atoms with Gasteiger partial charge in [-0.3, -0.25) is 9.13 Å². The van der Waals surface area contributed by atoms with Crippen LogP contribution >= 0.6 is 10.0 Å². The van der Waals surface area contributed by atoms with Crippen molar-refractivity contribution in [1.82, 2.24) is 19.1 Å². The van der Waals surface area contributed by atoms with Crippen LogP contribution in [0, 0.1) is 0 Å². The van der Waals surface area contributed by atoms with Gasteiger partial charge in [0.2, 0.25) is 5.95 Å². The molecule has 0 amide bonds. The number of aryl methyl sites for hydroxylation is 1. The van der Waals surface area contributed by atoms with Crippen molar-refractivity contribution in [2.75, 3.05) is 5.75 Å². The summed E-state index contributed by atoms with van der Waals surface area (Å²) in [7, 11) is -1.74. The maximum atomic E-state index is 5.53. The van der Waals surface area contributed by atoms with Crippen LogP contribution in [0.2, 0.25) is 0 Å². The molecule has 0 radical (unpaired) electrons. The second kappa shape index (κ2) is 14.6. The molecule has 0 saturated heterocycles. The van der Waals surface area contributed by atoms with E-state index in [-0.39, 0.29) is 0 Å². The molecule has 0 aliphatic heterocycles. The van der Waals surface area contributed by atoms with Crippen molar-refractivity contribution in [2.45, 2.75) is 21.1 Å². The van der Waals surface area contributed by atoms with Gasteiger partial charge in [0.1, 0.15) is 5.82 Å². The molecule has 0 atom stereocenters. The number of nitrogens with zero attached hydrogens (tertiary/aromatic N) is 4. The zero-order valence-corrected chi connectivity index (χ0v) is 33.2. The van der Waals surface area contributed by atoms with Gasteiger partial charge in [0.05, 0.1) is 27.8 Å². The van der Waals surface area contributed by atoms with Crippen LogP contribution in [-0.4, -0.2) is 24.9 Å². The van der Waals surface area contributed by atoms with Gasteiger partial charge in [-0.2, -0.15) is 15.0 Å². The second-order valence-electron chi connectivity index (χ2n) is 15.0. The first-order valence-electron chi connectivity index (χ1n) is 20.2. The highest BCUT2D eigenvalue weighted by molar-refractivity contribution is 8.33. The second-order valence-corrected chi connectivity index (χ2v) is 18.3. The molecule has 3 aromatic heterocycles. The van der Waals surface area contributed by atoms with Crippen molar-refractivity contribution in [3.8, 4) is 23.0 Å². The third kappa shape index (κ3) is 5.93. The van der Waals surface area contributed by atoms with Gasteiger partial charge in [-0.1, -0.05) is 152 Å². The number of hydrogen-bond acceptors (Lipinski definition) is 2. The van der Waals surface area contributed by atoms with E-state index in [2.05, 4.69) is 228 Å². The van der Waals surface area contributed by atoms with Crippen LogP contribution < -0.4 is 0 Å². The van der Waals surface area contributed by atoms with Crippen molar-refractivity contribution in [2.24, 2.45) is 0 Å². The van der Waals surface area contributed by atoms with Crippen molar-refractivity contribution < 1.29 is 0 Å². The first-order valence-corrected chi connectivity index (χ1v) is 22.0. The summed E-state index contributed by atoms with van der Waals surface area (Å²) in [5.74, 6) is 2.43. The summed E-state index contributed by atoms with van der Waals surface area (Å²) in [5, 5.41) is 4.74. The van der Waals surface area contributed by atoms with Crippen molar-refractivity contribution in [1.29, 1.82) is 0 Å². The van der Waals surface area contributed by atoms with Gasteiger partial charge >= 0.3 is 0 Å². The highest BCUT2D eigenvalue weighted by atomic mass is 32.3. The topological polar surface area (TPSA) is 35.6 Å². The number of aromatic nitrogens is 4. The predicted molar refractivity (Wildman–Crippen MR) is 246 cm³/mol. The lowest BCUT2D eigenvalue weighted by molar-refractivity contribution is 0.952. The Morgan fingerprint density at radius 2 is 0.814 bits per heavy atom. The zero-order chi connectivity index (χ0) is 39.2. The van der Waals surface area contributed by atoms with Gasteiger partial charge in [-0.25, -0.2) is 4.98 Å². The van der Waals surface area contributed by atoms with Crippen molar-refractivity contribution in [3.63, 3.8) is 0 Å². The lowest BCUT2D eigenvalue weighted by Gasteiger charge is -2.42. The van der Waals surface area contributed by atoms with Gasteiger partial charge in [0.15, 0.2) is 0 Å². The molecule has 5 heteroatoms. The quantitative estimate of drug-likeness (QED) is 0.146. The summed E-state index contributed by atoms with van der Waals surface area (Å²) in [6.45, 7) is 0. The van der Waals surface area contributed by atoms with E-state index in [4.69, 9.17) is 9.97 Å². The Balaban J connectivity index is 1.18. The largest absolute Gasteiger partial charge is 0.294 e. The van der Waals surface area contributed by atoms with E-state index in [0.717, 1.165) is 51.3 Å². The van der Waals surface area contributed by atoms with Crippen LogP contribution in [0.15, 0.2) is 233 Å². The van der Waals surface area contributed by atoms with E-state index in [9.17, 15) is 0 Å². The molecule has 3 heterocycles. The SMILES string of the molecule is c1ccc(CCS(c2ccccc2)(c2ccccc2)c2cccc(-c3cc(-n4c5ccccc5c5ccccc54)nc(-n4c5ccccc5c5ccccc54)n3)c2)cc1. The molecule has 11 aromatic rings. The Hall–Kier alpha value is -7.21. The first-order chi connectivity index (χ1) is 29.3. The van der Waals surface area contributed by atoms with Gasteiger partial charge < -0.3 is 0 Å². The van der Waals surface area contributed by atoms with Crippen molar-refractivity contribution in [3.05, 3.63) is 224 Å². The van der Waals surface area contributed by atoms with Gasteiger partial charge in [0, 0.05) is 33.2 Å². The average molecular weight is 777 g/mol. The van der Waals surface area contributed by atoms with E-state index in [1.54, 1.807) is 0 Å². The zero-order valence-electron chi connectivity index (χ0n) is 32.4. The summed E-state index contributed by atoms with van der Waals surface area (Å²) in [5.41, 5.74) is 7.63. The fourth-order valence-corrected chi connectivity index (χ4v) is 12.9. The number of benzene rings is 8. The summed E-state index contributed by atoms with van der Waals surface area (Å²) < 4.78 is 4.54. The Morgan fingerprint density at radius 1 is 0.373 bits per heavy atom. The molecule has 0 aliphatic carbocycles.